The molecular weight excluding hydrogens is 449 g/mol. The number of azo groups is 1. The van der Waals surface area contributed by atoms with E-state index in [2.05, 4.69) is 10.2 Å². The number of halogens is 2. The van der Waals surface area contributed by atoms with E-state index >= 15 is 0 Å². The lowest BCUT2D eigenvalue weighted by molar-refractivity contribution is -0.126. The summed E-state index contributed by atoms with van der Waals surface area (Å²) < 4.78 is 21.7. The van der Waals surface area contributed by atoms with Gasteiger partial charge in [-0.2, -0.15) is 10.2 Å². The van der Waals surface area contributed by atoms with Crippen molar-refractivity contribution in [1.29, 1.82) is 0 Å². The van der Waals surface area contributed by atoms with E-state index in [1.807, 2.05) is 0 Å². The highest BCUT2D eigenvalue weighted by atomic mass is 35.5. The molecule has 0 aliphatic heterocycles. The fourth-order valence-corrected chi connectivity index (χ4v) is 3.12. The molecule has 2 aromatic carbocycles. The van der Waals surface area contributed by atoms with Crippen molar-refractivity contribution in [2.75, 3.05) is 32.9 Å². The van der Waals surface area contributed by atoms with Crippen LogP contribution in [-0.2, 0) is 9.59 Å². The van der Waals surface area contributed by atoms with Gasteiger partial charge < -0.3 is 18.9 Å². The van der Waals surface area contributed by atoms with Gasteiger partial charge in [-0.05, 0) is 31.2 Å². The second kappa shape index (κ2) is 10.8. The number of carbonyl (C=O) groups excluding carboxylic acids is 2. The van der Waals surface area contributed by atoms with Gasteiger partial charge in [0.25, 0.3) is 5.91 Å². The lowest BCUT2D eigenvalue weighted by Gasteiger charge is -2.20. The summed E-state index contributed by atoms with van der Waals surface area (Å²) in [6, 6.07) is 6.32. The molecule has 2 aromatic rings. The van der Waals surface area contributed by atoms with Crippen molar-refractivity contribution >= 4 is 46.4 Å². The number of rotatable bonds is 9. The largest absolute Gasteiger partial charge is 0.493 e. The summed E-state index contributed by atoms with van der Waals surface area (Å²) in [6.45, 7) is 1.20. The third kappa shape index (κ3) is 5.18. The van der Waals surface area contributed by atoms with Crippen molar-refractivity contribution in [3.63, 3.8) is 0 Å². The van der Waals surface area contributed by atoms with Crippen molar-refractivity contribution in [1.82, 2.24) is 0 Å². The van der Waals surface area contributed by atoms with E-state index in [0.717, 1.165) is 4.42 Å². The van der Waals surface area contributed by atoms with Crippen LogP contribution in [0.5, 0.6) is 23.0 Å². The molecule has 11 heteroatoms. The number of Topliss-reactive ketones (excluding diaryl/α,β-unsaturated/α-hetero) is 1. The van der Waals surface area contributed by atoms with Crippen LogP contribution >= 0.6 is 23.4 Å². The third-order valence-electron chi connectivity index (χ3n) is 4.14. The Bertz CT molecular complexity index is 999. The van der Waals surface area contributed by atoms with Crippen LogP contribution in [0.1, 0.15) is 6.92 Å². The number of benzene rings is 2. The minimum Gasteiger partial charge on any atom is -0.493 e. The first-order valence-electron chi connectivity index (χ1n) is 8.83. The SMILES string of the molecule is COc1cccc(N(Cl)C(=O)C(N=Nc2ccc(Cl)c(OC)c2OC)C(C)=O)c1OC. The van der Waals surface area contributed by atoms with E-state index in [9.17, 15) is 9.59 Å². The maximum Gasteiger partial charge on any atom is 0.276 e. The number of nitrogens with zero attached hydrogens (tertiary/aromatic N) is 3. The zero-order chi connectivity index (χ0) is 23.1. The number of para-hydroxylation sites is 1. The van der Waals surface area contributed by atoms with Gasteiger partial charge in [0.15, 0.2) is 28.8 Å². The van der Waals surface area contributed by atoms with E-state index < -0.39 is 17.7 Å². The normalized spacial score (nSPS) is 11.7. The van der Waals surface area contributed by atoms with Crippen LogP contribution in [0.3, 0.4) is 0 Å². The Hall–Kier alpha value is -3.04. The van der Waals surface area contributed by atoms with E-state index in [0.29, 0.717) is 10.8 Å². The number of methoxy groups -OCH3 is 4. The first-order chi connectivity index (χ1) is 14.8. The van der Waals surface area contributed by atoms with Gasteiger partial charge in [-0.25, -0.2) is 4.42 Å². The summed E-state index contributed by atoms with van der Waals surface area (Å²) in [5, 5.41) is 8.20. The molecule has 0 aliphatic rings. The van der Waals surface area contributed by atoms with Gasteiger partial charge in [0.1, 0.15) is 11.4 Å². The van der Waals surface area contributed by atoms with Crippen LogP contribution in [0.25, 0.3) is 0 Å². The number of ether oxygens (including phenoxy) is 4. The van der Waals surface area contributed by atoms with E-state index in [1.54, 1.807) is 12.1 Å². The molecule has 0 fully saturated rings. The number of carbonyl (C=O) groups is 2. The molecule has 0 radical (unpaired) electrons. The van der Waals surface area contributed by atoms with Crippen LogP contribution in [-0.4, -0.2) is 46.2 Å². The fraction of sp³-hybridized carbons (Fsp3) is 0.300. The van der Waals surface area contributed by atoms with Gasteiger partial charge in [-0.15, -0.1) is 0 Å². The average molecular weight is 470 g/mol. The highest BCUT2D eigenvalue weighted by Crippen LogP contribution is 2.43. The van der Waals surface area contributed by atoms with E-state index in [4.69, 9.17) is 42.3 Å². The highest BCUT2D eigenvalue weighted by Gasteiger charge is 2.31. The van der Waals surface area contributed by atoms with Crippen molar-refractivity contribution < 1.29 is 28.5 Å². The van der Waals surface area contributed by atoms with E-state index in [-0.39, 0.29) is 28.6 Å². The Balaban J connectivity index is 2.42. The smallest absolute Gasteiger partial charge is 0.276 e. The molecular formula is C20H21Cl2N3O6. The molecule has 0 bridgehead atoms. The van der Waals surface area contributed by atoms with Gasteiger partial charge in [-0.3, -0.25) is 9.59 Å². The molecule has 31 heavy (non-hydrogen) atoms. The third-order valence-corrected chi connectivity index (χ3v) is 4.78. The first-order valence-corrected chi connectivity index (χ1v) is 9.54. The molecule has 0 aliphatic carbocycles. The van der Waals surface area contributed by atoms with Crippen molar-refractivity contribution in [3.8, 4) is 23.0 Å². The summed E-state index contributed by atoms with van der Waals surface area (Å²) in [4.78, 5) is 25.1. The minimum atomic E-state index is -1.51. The summed E-state index contributed by atoms with van der Waals surface area (Å²) in [6.07, 6.45) is 0. The van der Waals surface area contributed by atoms with Crippen molar-refractivity contribution in [2.24, 2.45) is 10.2 Å². The van der Waals surface area contributed by atoms with Crippen LogP contribution in [0, 0.1) is 0 Å². The summed E-state index contributed by atoms with van der Waals surface area (Å²) in [5.41, 5.74) is 0.392. The number of anilines is 1. The molecule has 0 saturated heterocycles. The van der Waals surface area contributed by atoms with Gasteiger partial charge >= 0.3 is 0 Å². The molecule has 166 valence electrons. The van der Waals surface area contributed by atoms with Gasteiger partial charge in [0.05, 0.1) is 33.5 Å². The van der Waals surface area contributed by atoms with Gasteiger partial charge in [-0.1, -0.05) is 17.7 Å². The monoisotopic (exact) mass is 469 g/mol. The van der Waals surface area contributed by atoms with Gasteiger partial charge in [0.2, 0.25) is 6.04 Å². The maximum absolute atomic E-state index is 13.0. The molecule has 0 N–H and O–H groups in total. The summed E-state index contributed by atoms with van der Waals surface area (Å²) >= 11 is 12.3. The van der Waals surface area contributed by atoms with Crippen LogP contribution in [0.2, 0.25) is 5.02 Å². The molecule has 1 unspecified atom stereocenters. The zero-order valence-corrected chi connectivity index (χ0v) is 19.0. The zero-order valence-electron chi connectivity index (χ0n) is 17.5. The number of amides is 1. The molecule has 1 atom stereocenters. The Morgan fingerprint density at radius 2 is 1.58 bits per heavy atom. The second-order valence-electron chi connectivity index (χ2n) is 5.99. The lowest BCUT2D eigenvalue weighted by atomic mass is 10.2. The molecule has 0 spiro atoms. The van der Waals surface area contributed by atoms with Crippen LogP contribution in [0.4, 0.5) is 11.4 Å². The first kappa shape index (κ1) is 24.2. The van der Waals surface area contributed by atoms with Crippen molar-refractivity contribution in [3.05, 3.63) is 35.4 Å². The summed E-state index contributed by atoms with van der Waals surface area (Å²) in [5.74, 6) is -0.378. The fourth-order valence-electron chi connectivity index (χ4n) is 2.67. The Kier molecular flexibility index (Phi) is 8.47. The molecule has 0 heterocycles. The van der Waals surface area contributed by atoms with Crippen LogP contribution < -0.4 is 23.4 Å². The Labute approximate surface area is 189 Å². The molecule has 2 rings (SSSR count). The predicted molar refractivity (Wildman–Crippen MR) is 116 cm³/mol. The summed E-state index contributed by atoms with van der Waals surface area (Å²) in [7, 11) is 5.66. The molecule has 1 amide bonds. The number of hydrogen-bond acceptors (Lipinski definition) is 8. The van der Waals surface area contributed by atoms with Crippen molar-refractivity contribution in [2.45, 2.75) is 13.0 Å². The number of ketones is 1. The number of hydrogen-bond donors (Lipinski definition) is 0. The van der Waals surface area contributed by atoms with Crippen LogP contribution in [0.15, 0.2) is 40.6 Å². The average Bonchev–Trinajstić information content (AvgIpc) is 2.77. The second-order valence-corrected chi connectivity index (χ2v) is 6.74. The quantitative estimate of drug-likeness (QED) is 0.302. The van der Waals surface area contributed by atoms with E-state index in [1.165, 1.54) is 53.6 Å². The Morgan fingerprint density at radius 3 is 2.13 bits per heavy atom. The highest BCUT2D eigenvalue weighted by molar-refractivity contribution is 6.39. The predicted octanol–water partition coefficient (Wildman–Crippen LogP) is 4.60. The maximum atomic E-state index is 13.0. The standard InChI is InChI=1S/C20H21Cl2N3O6/c1-11(26)16(24-23-13-10-9-12(21)17(29-3)18(13)30-4)20(27)25(22)14-7-6-8-15(28-2)19(14)31-5/h6-10,16H,1-5H3. The van der Waals surface area contributed by atoms with Gasteiger partial charge in [0, 0.05) is 11.8 Å². The molecule has 0 aromatic heterocycles. The topological polar surface area (TPSA) is 99.0 Å². The minimum absolute atomic E-state index is 0.181. The molecule has 9 nitrogen and oxygen atoms in total. The lowest BCUT2D eigenvalue weighted by Crippen LogP contribution is -2.36. The Morgan fingerprint density at radius 1 is 0.935 bits per heavy atom. The molecule has 0 saturated carbocycles.